The third kappa shape index (κ3) is 1.61. The number of ether oxygens (including phenoxy) is 1. The van der Waals surface area contributed by atoms with Crippen LogP contribution in [0.4, 0.5) is 5.69 Å². The monoisotopic (exact) mass is 258 g/mol. The quantitative estimate of drug-likeness (QED) is 0.769. The second-order valence-electron chi connectivity index (χ2n) is 6.29. The van der Waals surface area contributed by atoms with Crippen molar-refractivity contribution < 1.29 is 4.74 Å². The van der Waals surface area contributed by atoms with E-state index in [9.17, 15) is 0 Å². The molecule has 3 aliphatic heterocycles. The van der Waals surface area contributed by atoms with Crippen LogP contribution in [0.25, 0.3) is 0 Å². The zero-order valence-electron chi connectivity index (χ0n) is 11.8. The Balaban J connectivity index is 1.74. The molecule has 3 aliphatic rings. The highest BCUT2D eigenvalue weighted by Crippen LogP contribution is 2.50. The van der Waals surface area contributed by atoms with Crippen LogP contribution in [0.3, 0.4) is 0 Å². The van der Waals surface area contributed by atoms with Gasteiger partial charge in [-0.3, -0.25) is 0 Å². The summed E-state index contributed by atoms with van der Waals surface area (Å²) >= 11 is 0. The summed E-state index contributed by atoms with van der Waals surface area (Å²) in [7, 11) is 0. The van der Waals surface area contributed by atoms with Crippen molar-refractivity contribution in [3.8, 4) is 5.75 Å². The second kappa shape index (κ2) is 4.14. The van der Waals surface area contributed by atoms with E-state index < -0.39 is 0 Å². The van der Waals surface area contributed by atoms with Crippen LogP contribution < -0.4 is 9.64 Å². The number of rotatable bonds is 1. The lowest BCUT2D eigenvalue weighted by Crippen LogP contribution is -2.49. The number of hydrogen-bond donors (Lipinski definition) is 0. The molecule has 2 unspecified atom stereocenters. The minimum absolute atomic E-state index is 0.656. The zero-order chi connectivity index (χ0) is 13.0. The SMILES string of the molecule is CC(C)N1CCC2C(C1)c1cccc3c1N2CCO3. The van der Waals surface area contributed by atoms with Gasteiger partial charge in [-0.15, -0.1) is 0 Å². The molecule has 0 amide bonds. The van der Waals surface area contributed by atoms with Crippen molar-refractivity contribution in [2.75, 3.05) is 31.1 Å². The lowest BCUT2D eigenvalue weighted by atomic mass is 9.88. The fraction of sp³-hybridized carbons (Fsp3) is 0.625. The highest BCUT2D eigenvalue weighted by Gasteiger charge is 2.44. The Hall–Kier alpha value is -1.22. The maximum atomic E-state index is 5.84. The van der Waals surface area contributed by atoms with E-state index in [1.807, 2.05) is 0 Å². The van der Waals surface area contributed by atoms with Gasteiger partial charge in [-0.05, 0) is 31.9 Å². The third-order valence-corrected chi connectivity index (χ3v) is 5.05. The molecule has 3 heterocycles. The van der Waals surface area contributed by atoms with E-state index >= 15 is 0 Å². The Kier molecular flexibility index (Phi) is 2.52. The van der Waals surface area contributed by atoms with Gasteiger partial charge in [-0.2, -0.15) is 0 Å². The molecule has 1 aromatic rings. The van der Waals surface area contributed by atoms with E-state index in [-0.39, 0.29) is 0 Å². The van der Waals surface area contributed by atoms with Crippen LogP contribution in [0, 0.1) is 0 Å². The number of hydrogen-bond acceptors (Lipinski definition) is 3. The largest absolute Gasteiger partial charge is 0.490 e. The molecule has 0 N–H and O–H groups in total. The molecular formula is C16H22N2O. The number of anilines is 1. The molecule has 4 rings (SSSR count). The molecule has 0 saturated carbocycles. The predicted octanol–water partition coefficient (Wildman–Crippen LogP) is 2.47. The Morgan fingerprint density at radius 2 is 2.16 bits per heavy atom. The van der Waals surface area contributed by atoms with Crippen molar-refractivity contribution in [2.45, 2.75) is 38.3 Å². The van der Waals surface area contributed by atoms with Crippen molar-refractivity contribution in [2.24, 2.45) is 0 Å². The highest BCUT2D eigenvalue weighted by atomic mass is 16.5. The zero-order valence-corrected chi connectivity index (χ0v) is 11.8. The summed E-state index contributed by atoms with van der Waals surface area (Å²) in [6.07, 6.45) is 1.29. The van der Waals surface area contributed by atoms with Crippen molar-refractivity contribution in [3.63, 3.8) is 0 Å². The van der Waals surface area contributed by atoms with E-state index in [1.54, 1.807) is 0 Å². The number of piperidine rings is 1. The summed E-state index contributed by atoms with van der Waals surface area (Å²) in [4.78, 5) is 5.25. The van der Waals surface area contributed by atoms with E-state index in [0.717, 1.165) is 18.9 Å². The topological polar surface area (TPSA) is 15.7 Å². The second-order valence-corrected chi connectivity index (χ2v) is 6.29. The highest BCUT2D eigenvalue weighted by molar-refractivity contribution is 5.71. The van der Waals surface area contributed by atoms with Gasteiger partial charge in [0.25, 0.3) is 0 Å². The van der Waals surface area contributed by atoms with Crippen molar-refractivity contribution >= 4 is 5.69 Å². The van der Waals surface area contributed by atoms with Gasteiger partial charge in [0, 0.05) is 31.1 Å². The van der Waals surface area contributed by atoms with Crippen LogP contribution >= 0.6 is 0 Å². The number of likely N-dealkylation sites (tertiary alicyclic amines) is 1. The summed E-state index contributed by atoms with van der Waals surface area (Å²) in [5.74, 6) is 1.78. The fourth-order valence-corrected chi connectivity index (χ4v) is 4.07. The summed E-state index contributed by atoms with van der Waals surface area (Å²) in [5.41, 5.74) is 2.92. The Morgan fingerprint density at radius 1 is 1.26 bits per heavy atom. The first-order chi connectivity index (χ1) is 9.25. The smallest absolute Gasteiger partial charge is 0.142 e. The van der Waals surface area contributed by atoms with Crippen molar-refractivity contribution in [3.05, 3.63) is 23.8 Å². The molecule has 1 aromatic carbocycles. The van der Waals surface area contributed by atoms with Gasteiger partial charge >= 0.3 is 0 Å². The standard InChI is InChI=1S/C16H22N2O/c1-11(2)17-7-6-14-13(10-17)12-4-3-5-15-16(12)18(14)8-9-19-15/h3-5,11,13-14H,6-10H2,1-2H3. The fourth-order valence-electron chi connectivity index (χ4n) is 4.07. The summed E-state index contributed by atoms with van der Waals surface area (Å²) < 4.78 is 5.84. The molecule has 3 heteroatoms. The number of benzene rings is 1. The van der Waals surface area contributed by atoms with Crippen LogP contribution in [0.2, 0.25) is 0 Å². The maximum absolute atomic E-state index is 5.84. The first-order valence-corrected chi connectivity index (χ1v) is 7.52. The lowest BCUT2D eigenvalue weighted by molar-refractivity contribution is 0.154. The Labute approximate surface area is 115 Å². The molecule has 0 spiro atoms. The molecule has 3 nitrogen and oxygen atoms in total. The maximum Gasteiger partial charge on any atom is 0.142 e. The van der Waals surface area contributed by atoms with Gasteiger partial charge in [0.2, 0.25) is 0 Å². The molecule has 0 bridgehead atoms. The Morgan fingerprint density at radius 3 is 3.00 bits per heavy atom. The number of nitrogens with zero attached hydrogens (tertiary/aromatic N) is 2. The van der Waals surface area contributed by atoms with E-state index in [0.29, 0.717) is 18.0 Å². The molecular weight excluding hydrogens is 236 g/mol. The van der Waals surface area contributed by atoms with Crippen LogP contribution in [-0.2, 0) is 0 Å². The normalized spacial score (nSPS) is 29.1. The third-order valence-electron chi connectivity index (χ3n) is 5.05. The van der Waals surface area contributed by atoms with Crippen LogP contribution in [0.1, 0.15) is 31.7 Å². The van der Waals surface area contributed by atoms with Gasteiger partial charge in [-0.1, -0.05) is 12.1 Å². The summed E-state index contributed by atoms with van der Waals surface area (Å²) in [5, 5.41) is 0. The summed E-state index contributed by atoms with van der Waals surface area (Å²) in [6.45, 7) is 8.96. The van der Waals surface area contributed by atoms with Crippen LogP contribution in [-0.4, -0.2) is 43.2 Å². The molecule has 0 aliphatic carbocycles. The van der Waals surface area contributed by atoms with Gasteiger partial charge in [0.15, 0.2) is 0 Å². The van der Waals surface area contributed by atoms with Crippen molar-refractivity contribution in [1.29, 1.82) is 0 Å². The van der Waals surface area contributed by atoms with E-state index in [2.05, 4.69) is 41.8 Å². The Bertz CT molecular complexity index is 500. The predicted molar refractivity (Wildman–Crippen MR) is 77.1 cm³/mol. The number of para-hydroxylation sites is 1. The van der Waals surface area contributed by atoms with E-state index in [1.165, 1.54) is 30.8 Å². The van der Waals surface area contributed by atoms with Crippen molar-refractivity contribution in [1.82, 2.24) is 4.90 Å². The first kappa shape index (κ1) is 11.6. The average molecular weight is 258 g/mol. The lowest BCUT2D eigenvalue weighted by Gasteiger charge is -2.41. The number of fused-ring (bicyclic) bond motifs is 3. The van der Waals surface area contributed by atoms with E-state index in [4.69, 9.17) is 4.74 Å². The minimum atomic E-state index is 0.656. The van der Waals surface area contributed by atoms with Gasteiger partial charge in [0.1, 0.15) is 12.4 Å². The molecule has 19 heavy (non-hydrogen) atoms. The van der Waals surface area contributed by atoms with Crippen LogP contribution in [0.5, 0.6) is 5.75 Å². The van der Waals surface area contributed by atoms with Gasteiger partial charge in [-0.25, -0.2) is 0 Å². The molecule has 1 saturated heterocycles. The summed E-state index contributed by atoms with van der Waals surface area (Å²) in [6, 6.07) is 7.96. The average Bonchev–Trinajstić information content (AvgIpc) is 2.76. The molecule has 1 fully saturated rings. The minimum Gasteiger partial charge on any atom is -0.490 e. The van der Waals surface area contributed by atoms with Gasteiger partial charge < -0.3 is 14.5 Å². The molecule has 102 valence electrons. The molecule has 2 atom stereocenters. The van der Waals surface area contributed by atoms with Gasteiger partial charge in [0.05, 0.1) is 12.2 Å². The van der Waals surface area contributed by atoms with Crippen LogP contribution in [0.15, 0.2) is 18.2 Å². The molecule has 0 radical (unpaired) electrons. The molecule has 0 aromatic heterocycles. The first-order valence-electron chi connectivity index (χ1n) is 7.52.